The Kier molecular flexibility index (Phi) is 7.61. The lowest BCUT2D eigenvalue weighted by Crippen LogP contribution is -2.24. The molecule has 6 heteroatoms. The minimum Gasteiger partial charge on any atom is -0.493 e. The van der Waals surface area contributed by atoms with E-state index >= 15 is 0 Å². The van der Waals surface area contributed by atoms with Crippen LogP contribution in [0.4, 0.5) is 0 Å². The lowest BCUT2D eigenvalue weighted by atomic mass is 10.1. The molecule has 35 heavy (non-hydrogen) atoms. The Morgan fingerprint density at radius 2 is 1.80 bits per heavy atom. The van der Waals surface area contributed by atoms with Gasteiger partial charge in [-0.05, 0) is 35.9 Å². The summed E-state index contributed by atoms with van der Waals surface area (Å²) in [7, 11) is 1.38. The number of hydrogen-bond acceptors (Lipinski definition) is 5. The number of aliphatic carboxylic acids is 1. The first-order valence-corrected chi connectivity index (χ1v) is 11.1. The third-order valence-corrected chi connectivity index (χ3v) is 5.42. The maximum absolute atomic E-state index is 12.6. The van der Waals surface area contributed by atoms with E-state index in [1.165, 1.54) is 13.2 Å². The van der Waals surface area contributed by atoms with Crippen molar-refractivity contribution in [3.63, 3.8) is 0 Å². The maximum atomic E-state index is 12.6. The molecule has 176 valence electrons. The molecule has 0 aliphatic carbocycles. The van der Waals surface area contributed by atoms with Crippen LogP contribution in [0, 0.1) is 11.8 Å². The average Bonchev–Trinajstić information content (AvgIpc) is 2.88. The fourth-order valence-electron chi connectivity index (χ4n) is 3.56. The van der Waals surface area contributed by atoms with Crippen LogP contribution in [0.1, 0.15) is 17.5 Å². The van der Waals surface area contributed by atoms with Crippen LogP contribution in [0.3, 0.4) is 0 Å². The fourth-order valence-corrected chi connectivity index (χ4v) is 3.56. The molecule has 1 N–H and O–H groups in total. The van der Waals surface area contributed by atoms with E-state index in [9.17, 15) is 9.59 Å². The van der Waals surface area contributed by atoms with Gasteiger partial charge in [-0.15, -0.1) is 0 Å². The highest BCUT2D eigenvalue weighted by Gasteiger charge is 2.16. The van der Waals surface area contributed by atoms with E-state index < -0.39 is 12.1 Å². The van der Waals surface area contributed by atoms with Gasteiger partial charge < -0.3 is 19.0 Å². The van der Waals surface area contributed by atoms with E-state index in [0.717, 1.165) is 16.7 Å². The van der Waals surface area contributed by atoms with Crippen molar-refractivity contribution in [2.75, 3.05) is 13.7 Å². The van der Waals surface area contributed by atoms with Crippen LogP contribution < -0.4 is 10.2 Å². The molecule has 0 aliphatic heterocycles. The second-order valence-electron chi connectivity index (χ2n) is 7.86. The molecule has 0 fully saturated rings. The van der Waals surface area contributed by atoms with Crippen LogP contribution in [0.2, 0.25) is 0 Å². The Bertz CT molecular complexity index is 1430. The van der Waals surface area contributed by atoms with E-state index in [0.29, 0.717) is 41.9 Å². The van der Waals surface area contributed by atoms with Crippen LogP contribution in [0.5, 0.6) is 5.75 Å². The van der Waals surface area contributed by atoms with Gasteiger partial charge in [0, 0.05) is 37.1 Å². The molecule has 3 aromatic carbocycles. The smallest absolute Gasteiger partial charge is 0.333 e. The largest absolute Gasteiger partial charge is 0.493 e. The maximum Gasteiger partial charge on any atom is 0.333 e. The second kappa shape index (κ2) is 11.2. The topological polar surface area (TPSA) is 86.0 Å². The zero-order valence-electron chi connectivity index (χ0n) is 19.2. The monoisotopic (exact) mass is 468 g/mol. The van der Waals surface area contributed by atoms with E-state index in [2.05, 4.69) is 11.8 Å². The molecule has 1 heterocycles. The van der Waals surface area contributed by atoms with Gasteiger partial charge in [0.1, 0.15) is 17.1 Å². The Morgan fingerprint density at radius 1 is 1.03 bits per heavy atom. The van der Waals surface area contributed by atoms with Crippen molar-refractivity contribution in [3.8, 4) is 28.9 Å². The van der Waals surface area contributed by atoms with Crippen molar-refractivity contribution >= 4 is 16.9 Å². The number of carboxylic acids is 1. The van der Waals surface area contributed by atoms with E-state index in [1.807, 2.05) is 54.6 Å². The van der Waals surface area contributed by atoms with E-state index in [-0.39, 0.29) is 5.43 Å². The summed E-state index contributed by atoms with van der Waals surface area (Å²) in [5, 5.41) is 9.54. The van der Waals surface area contributed by atoms with Crippen molar-refractivity contribution in [1.29, 1.82) is 0 Å². The van der Waals surface area contributed by atoms with Crippen LogP contribution >= 0.6 is 0 Å². The standard InChI is InChI=1S/C29H24O6/c1-33-28(29(31)32)17-21-12-10-20(11-13-21)7-5-6-16-34-23-14-15-26-24(18-23)25(30)19-27(35-26)22-8-3-2-4-9-22/h2-4,8-15,18-19,28H,6,16-17H2,1H3,(H,31,32)/t28-/m0/s1. The number of ether oxygens (including phenoxy) is 2. The summed E-state index contributed by atoms with van der Waals surface area (Å²) in [5.74, 6) is 6.25. The Morgan fingerprint density at radius 3 is 2.51 bits per heavy atom. The number of fused-ring (bicyclic) bond motifs is 1. The van der Waals surface area contributed by atoms with Crippen LogP contribution in [-0.2, 0) is 16.0 Å². The number of rotatable bonds is 8. The molecule has 0 amide bonds. The first kappa shape index (κ1) is 23.8. The number of methoxy groups -OCH3 is 1. The Balaban J connectivity index is 1.34. The van der Waals surface area contributed by atoms with Crippen molar-refractivity contribution in [2.24, 2.45) is 0 Å². The van der Waals surface area contributed by atoms with Crippen molar-refractivity contribution in [1.82, 2.24) is 0 Å². The normalized spacial score (nSPS) is 11.5. The van der Waals surface area contributed by atoms with Gasteiger partial charge in [-0.1, -0.05) is 54.3 Å². The molecule has 0 aliphatic rings. The highest BCUT2D eigenvalue weighted by atomic mass is 16.5. The first-order chi connectivity index (χ1) is 17.0. The zero-order chi connectivity index (χ0) is 24.6. The number of benzene rings is 3. The molecule has 0 saturated heterocycles. The summed E-state index contributed by atoms with van der Waals surface area (Å²) in [4.78, 5) is 23.7. The van der Waals surface area contributed by atoms with Gasteiger partial charge in [-0.2, -0.15) is 0 Å². The average molecular weight is 469 g/mol. The summed E-state index contributed by atoms with van der Waals surface area (Å²) in [6.45, 7) is 0.373. The van der Waals surface area contributed by atoms with Gasteiger partial charge in [0.05, 0.1) is 12.0 Å². The minimum atomic E-state index is -0.986. The van der Waals surface area contributed by atoms with E-state index in [4.69, 9.17) is 19.0 Å². The zero-order valence-corrected chi connectivity index (χ0v) is 19.2. The van der Waals surface area contributed by atoms with Gasteiger partial charge >= 0.3 is 5.97 Å². The molecule has 0 radical (unpaired) electrons. The predicted molar refractivity (Wildman–Crippen MR) is 133 cm³/mol. The van der Waals surface area contributed by atoms with Crippen LogP contribution in [-0.4, -0.2) is 30.9 Å². The third-order valence-electron chi connectivity index (χ3n) is 5.42. The molecule has 1 atom stereocenters. The van der Waals surface area contributed by atoms with Crippen LogP contribution in [0.15, 0.2) is 88.1 Å². The van der Waals surface area contributed by atoms with Gasteiger partial charge in [0.25, 0.3) is 0 Å². The predicted octanol–water partition coefficient (Wildman–Crippen LogP) is 4.92. The summed E-state index contributed by atoms with van der Waals surface area (Å²) < 4.78 is 16.6. The second-order valence-corrected chi connectivity index (χ2v) is 7.86. The number of hydrogen-bond donors (Lipinski definition) is 1. The van der Waals surface area contributed by atoms with Gasteiger partial charge in [0.2, 0.25) is 0 Å². The minimum absolute atomic E-state index is 0.126. The highest BCUT2D eigenvalue weighted by molar-refractivity contribution is 5.80. The number of carboxylic acid groups (broad SMARTS) is 1. The van der Waals surface area contributed by atoms with Crippen LogP contribution in [0.25, 0.3) is 22.3 Å². The highest BCUT2D eigenvalue weighted by Crippen LogP contribution is 2.24. The molecule has 4 aromatic rings. The fraction of sp³-hybridized carbons (Fsp3) is 0.172. The summed E-state index contributed by atoms with van der Waals surface area (Å²) in [6.07, 6.45) is -0.0616. The van der Waals surface area contributed by atoms with Crippen molar-refractivity contribution in [2.45, 2.75) is 18.9 Å². The summed E-state index contributed by atoms with van der Waals surface area (Å²) >= 11 is 0. The lowest BCUT2D eigenvalue weighted by Gasteiger charge is -2.10. The molecular weight excluding hydrogens is 444 g/mol. The molecule has 4 rings (SSSR count). The quantitative estimate of drug-likeness (QED) is 0.292. The summed E-state index contributed by atoms with van der Waals surface area (Å²) in [6, 6.07) is 23.6. The molecule has 0 bridgehead atoms. The van der Waals surface area contributed by atoms with Gasteiger partial charge in [0.15, 0.2) is 11.5 Å². The molecule has 1 aromatic heterocycles. The first-order valence-electron chi connectivity index (χ1n) is 11.1. The van der Waals surface area contributed by atoms with Gasteiger partial charge in [-0.25, -0.2) is 4.79 Å². The third kappa shape index (κ3) is 6.17. The van der Waals surface area contributed by atoms with Gasteiger partial charge in [-0.3, -0.25) is 4.79 Å². The molecular formula is C29H24O6. The van der Waals surface area contributed by atoms with Crippen molar-refractivity contribution < 1.29 is 23.8 Å². The Hall–Kier alpha value is -4.34. The Labute approximate surface area is 202 Å². The molecule has 0 spiro atoms. The SMILES string of the molecule is CO[C@@H](Cc1ccc(C#CCCOc2ccc3oc(-c4ccccc4)cc(=O)c3c2)cc1)C(=O)O. The summed E-state index contributed by atoms with van der Waals surface area (Å²) in [5.41, 5.74) is 2.92. The molecule has 0 saturated carbocycles. The van der Waals surface area contributed by atoms with E-state index in [1.54, 1.807) is 18.2 Å². The lowest BCUT2D eigenvalue weighted by molar-refractivity contribution is -0.148. The molecule has 6 nitrogen and oxygen atoms in total. The van der Waals surface area contributed by atoms with Crippen molar-refractivity contribution in [3.05, 3.63) is 100 Å². The number of carbonyl (C=O) groups is 1. The molecule has 0 unspecified atom stereocenters.